The zero-order chi connectivity index (χ0) is 20.2. The zero-order valence-corrected chi connectivity index (χ0v) is 17.1. The molecule has 1 saturated heterocycles. The van der Waals surface area contributed by atoms with Crippen molar-refractivity contribution in [3.63, 3.8) is 0 Å². The van der Waals surface area contributed by atoms with E-state index in [9.17, 15) is 4.79 Å². The van der Waals surface area contributed by atoms with Crippen molar-refractivity contribution < 1.29 is 4.79 Å². The Balaban J connectivity index is 1.31. The number of carbonyl (C=O) groups excluding carboxylic acids is 1. The van der Waals surface area contributed by atoms with Crippen molar-refractivity contribution in [3.05, 3.63) is 54.9 Å². The minimum atomic E-state index is -0.0843. The molecular formula is C22H23N5OS. The van der Waals surface area contributed by atoms with Crippen molar-refractivity contribution in [2.24, 2.45) is 5.92 Å². The molecule has 2 unspecified atom stereocenters. The fourth-order valence-electron chi connectivity index (χ4n) is 4.45. The van der Waals surface area contributed by atoms with Gasteiger partial charge in [-0.05, 0) is 42.6 Å². The largest absolute Gasteiger partial charge is 0.368 e. The number of anilines is 1. The number of aromatic nitrogens is 1. The minimum absolute atomic E-state index is 0.0843. The molecule has 2 atom stereocenters. The second-order valence-electron chi connectivity index (χ2n) is 8.01. The van der Waals surface area contributed by atoms with Gasteiger partial charge in [-0.1, -0.05) is 36.5 Å². The zero-order valence-electron chi connectivity index (χ0n) is 16.3. The van der Waals surface area contributed by atoms with Gasteiger partial charge in [0.05, 0.1) is 10.6 Å². The first-order chi connectivity index (χ1) is 13.9. The van der Waals surface area contributed by atoms with Crippen LogP contribution in [0.5, 0.6) is 0 Å². The second kappa shape index (κ2) is 6.62. The van der Waals surface area contributed by atoms with Crippen LogP contribution in [0.4, 0.5) is 10.6 Å². The first kappa shape index (κ1) is 18.2. The third kappa shape index (κ3) is 3.19. The van der Waals surface area contributed by atoms with Gasteiger partial charge in [-0.15, -0.1) is 0 Å². The number of hydrogen-bond acceptors (Lipinski definition) is 5. The van der Waals surface area contributed by atoms with Gasteiger partial charge in [0.2, 0.25) is 0 Å². The van der Waals surface area contributed by atoms with E-state index in [-0.39, 0.29) is 11.6 Å². The number of amides is 2. The van der Waals surface area contributed by atoms with E-state index in [0.717, 1.165) is 47.3 Å². The number of rotatable bonds is 3. The van der Waals surface area contributed by atoms with Crippen LogP contribution in [-0.4, -0.2) is 51.0 Å². The van der Waals surface area contributed by atoms with Crippen LogP contribution in [0.25, 0.3) is 15.7 Å². The molecular weight excluding hydrogens is 382 g/mol. The molecule has 2 N–H and O–H groups in total. The van der Waals surface area contributed by atoms with Gasteiger partial charge in [-0.3, -0.25) is 10.7 Å². The number of nitrogens with zero attached hydrogens (tertiary/aromatic N) is 3. The lowest BCUT2D eigenvalue weighted by Gasteiger charge is -2.40. The van der Waals surface area contributed by atoms with Crippen molar-refractivity contribution in [2.75, 3.05) is 25.0 Å². The number of nitrogens with one attached hydrogen (secondary N) is 2. The first-order valence-electron chi connectivity index (χ1n) is 9.78. The van der Waals surface area contributed by atoms with Crippen molar-refractivity contribution in [2.45, 2.75) is 18.9 Å². The van der Waals surface area contributed by atoms with Crippen LogP contribution in [0.2, 0.25) is 0 Å². The van der Waals surface area contributed by atoms with E-state index in [1.54, 1.807) is 13.1 Å². The van der Waals surface area contributed by atoms with E-state index in [1.807, 2.05) is 29.2 Å². The maximum absolute atomic E-state index is 12.8. The summed E-state index contributed by atoms with van der Waals surface area (Å²) in [5, 5.41) is 13.1. The quantitative estimate of drug-likeness (QED) is 0.587. The molecule has 5 rings (SSSR count). The molecule has 7 heteroatoms. The minimum Gasteiger partial charge on any atom is -0.368 e. The standard InChI is InChI=1S/C22H23N5OS/c1-14(29-15(2)23)16-3-4-17-12-24-20(10-18(17)9-16)25-21(28)26-7-8-27-6-5-19-11-22(19,27)13-26/h3-6,9-10,12,19,23H,1,7-8,11,13H2,2H3,(H,24,25,28). The normalized spacial score (nSPS) is 24.2. The third-order valence-corrected chi connectivity index (χ3v) is 6.88. The van der Waals surface area contributed by atoms with Gasteiger partial charge in [0.25, 0.3) is 0 Å². The van der Waals surface area contributed by atoms with Crippen molar-refractivity contribution in [1.82, 2.24) is 14.8 Å². The van der Waals surface area contributed by atoms with Gasteiger partial charge in [0.1, 0.15) is 5.82 Å². The Morgan fingerprint density at radius 1 is 1.34 bits per heavy atom. The molecule has 2 amide bonds. The highest BCUT2D eigenvalue weighted by atomic mass is 32.2. The predicted molar refractivity (Wildman–Crippen MR) is 119 cm³/mol. The number of pyridine rings is 1. The van der Waals surface area contributed by atoms with Crippen molar-refractivity contribution >= 4 is 44.3 Å². The topological polar surface area (TPSA) is 72.3 Å². The fourth-order valence-corrected chi connectivity index (χ4v) is 5.07. The summed E-state index contributed by atoms with van der Waals surface area (Å²) in [6.07, 6.45) is 7.40. The molecule has 2 aliphatic heterocycles. The lowest BCUT2D eigenvalue weighted by molar-refractivity contribution is 0.119. The molecule has 3 aliphatic rings. The van der Waals surface area contributed by atoms with Gasteiger partial charge in [-0.2, -0.15) is 0 Å². The highest BCUT2D eigenvalue weighted by molar-refractivity contribution is 8.21. The molecule has 1 aromatic heterocycles. The molecule has 1 aliphatic carbocycles. The maximum Gasteiger partial charge on any atom is 0.323 e. The summed E-state index contributed by atoms with van der Waals surface area (Å²) in [7, 11) is 0. The van der Waals surface area contributed by atoms with Gasteiger partial charge < -0.3 is 9.80 Å². The Labute approximate surface area is 174 Å². The van der Waals surface area contributed by atoms with Crippen molar-refractivity contribution in [3.8, 4) is 0 Å². The van der Waals surface area contributed by atoms with Crippen LogP contribution in [0.15, 0.2) is 49.3 Å². The fraction of sp³-hybridized carbons (Fsp3) is 0.318. The van der Waals surface area contributed by atoms with E-state index in [4.69, 9.17) is 5.41 Å². The summed E-state index contributed by atoms with van der Waals surface area (Å²) >= 11 is 1.35. The van der Waals surface area contributed by atoms with E-state index in [0.29, 0.717) is 16.8 Å². The summed E-state index contributed by atoms with van der Waals surface area (Å²) in [6, 6.07) is 7.83. The predicted octanol–water partition coefficient (Wildman–Crippen LogP) is 4.37. The second-order valence-corrected chi connectivity index (χ2v) is 9.32. The SMILES string of the molecule is C=C(SC(C)=N)c1ccc2cnc(NC(=O)N3CCN4C=CC5CC54C3)cc2c1. The highest BCUT2D eigenvalue weighted by Gasteiger charge is 2.61. The molecule has 2 aromatic rings. The molecule has 1 aromatic carbocycles. The van der Waals surface area contributed by atoms with Gasteiger partial charge >= 0.3 is 6.03 Å². The number of carbonyl (C=O) groups is 1. The average Bonchev–Trinajstić information content (AvgIpc) is 3.27. The Kier molecular flexibility index (Phi) is 4.17. The lowest BCUT2D eigenvalue weighted by atomic mass is 10.1. The van der Waals surface area contributed by atoms with E-state index < -0.39 is 0 Å². The number of urea groups is 1. The molecule has 1 saturated carbocycles. The van der Waals surface area contributed by atoms with Crippen LogP contribution >= 0.6 is 11.8 Å². The molecule has 0 bridgehead atoms. The third-order valence-electron chi connectivity index (χ3n) is 6.09. The highest BCUT2D eigenvalue weighted by Crippen LogP contribution is 2.55. The smallest absolute Gasteiger partial charge is 0.323 e. The summed E-state index contributed by atoms with van der Waals surface area (Å²) in [6.45, 7) is 8.20. The van der Waals surface area contributed by atoms with Gasteiger partial charge in [-0.25, -0.2) is 9.78 Å². The molecule has 6 nitrogen and oxygen atoms in total. The Bertz CT molecular complexity index is 1080. The number of fused-ring (bicyclic) bond motifs is 1. The number of piperazine rings is 1. The molecule has 1 spiro atoms. The average molecular weight is 406 g/mol. The van der Waals surface area contributed by atoms with Crippen molar-refractivity contribution in [1.29, 1.82) is 5.41 Å². The summed E-state index contributed by atoms with van der Waals surface area (Å²) in [4.78, 5) is 22.4. The molecule has 3 heterocycles. The maximum atomic E-state index is 12.8. The van der Waals surface area contributed by atoms with E-state index >= 15 is 0 Å². The Morgan fingerprint density at radius 3 is 3.00 bits per heavy atom. The van der Waals surface area contributed by atoms with E-state index in [2.05, 4.69) is 34.1 Å². The summed E-state index contributed by atoms with van der Waals surface area (Å²) in [5.74, 6) is 1.16. The first-order valence-corrected chi connectivity index (χ1v) is 10.6. The van der Waals surface area contributed by atoms with E-state index in [1.165, 1.54) is 11.8 Å². The van der Waals surface area contributed by atoms with Crippen LogP contribution < -0.4 is 5.32 Å². The van der Waals surface area contributed by atoms with Crippen LogP contribution in [0, 0.1) is 11.3 Å². The van der Waals surface area contributed by atoms with Crippen LogP contribution in [-0.2, 0) is 0 Å². The van der Waals surface area contributed by atoms with Crippen LogP contribution in [0.1, 0.15) is 18.9 Å². The molecule has 2 fully saturated rings. The Morgan fingerprint density at radius 2 is 2.21 bits per heavy atom. The number of thioether (sulfide) groups is 1. The van der Waals surface area contributed by atoms with Gasteiger partial charge in [0.15, 0.2) is 0 Å². The lowest BCUT2D eigenvalue weighted by Crippen LogP contribution is -2.55. The molecule has 0 radical (unpaired) electrons. The number of hydrogen-bond donors (Lipinski definition) is 2. The van der Waals surface area contributed by atoms with Crippen LogP contribution in [0.3, 0.4) is 0 Å². The monoisotopic (exact) mass is 405 g/mol. The summed E-state index contributed by atoms with van der Waals surface area (Å²) < 4.78 is 0. The van der Waals surface area contributed by atoms with Gasteiger partial charge in [0, 0.05) is 42.0 Å². The Hall–Kier alpha value is -2.80. The number of benzene rings is 1. The molecule has 148 valence electrons. The molecule has 29 heavy (non-hydrogen) atoms. The summed E-state index contributed by atoms with van der Waals surface area (Å²) in [5.41, 5.74) is 1.13.